The molecule has 2 N–H and O–H groups in total. The minimum absolute atomic E-state index is 0.120. The van der Waals surface area contributed by atoms with Gasteiger partial charge in [-0.3, -0.25) is 9.59 Å². The minimum atomic E-state index is -0.298. The van der Waals surface area contributed by atoms with E-state index in [0.717, 1.165) is 16.8 Å². The van der Waals surface area contributed by atoms with Crippen LogP contribution in [0.25, 0.3) is 11.1 Å². The smallest absolute Gasteiger partial charge is 0.254 e. The minimum Gasteiger partial charge on any atom is -0.508 e. The number of aryl methyl sites for hydroxylation is 2. The number of amides is 2. The number of likely N-dealkylation sites (tertiary alicyclic amines) is 1. The van der Waals surface area contributed by atoms with E-state index < -0.39 is 0 Å². The number of phenols is 1. The molecular formula is C30H33N3O4. The second-order valence-corrected chi connectivity index (χ2v) is 9.45. The monoisotopic (exact) mass is 499 g/mol. The molecule has 0 saturated carbocycles. The second kappa shape index (κ2) is 11.7. The molecule has 0 aliphatic carbocycles. The largest absolute Gasteiger partial charge is 0.508 e. The van der Waals surface area contributed by atoms with E-state index in [9.17, 15) is 14.7 Å². The Labute approximate surface area is 217 Å². The van der Waals surface area contributed by atoms with Crippen LogP contribution in [0.1, 0.15) is 39.9 Å². The fourth-order valence-electron chi connectivity index (χ4n) is 4.90. The molecule has 0 radical (unpaired) electrons. The summed E-state index contributed by atoms with van der Waals surface area (Å²) >= 11 is 0. The summed E-state index contributed by atoms with van der Waals surface area (Å²) in [5, 5.41) is 16.4. The second-order valence-electron chi connectivity index (χ2n) is 9.45. The lowest BCUT2D eigenvalue weighted by molar-refractivity contribution is -0.121. The van der Waals surface area contributed by atoms with Gasteiger partial charge in [0.2, 0.25) is 5.91 Å². The number of oxime groups is 1. The summed E-state index contributed by atoms with van der Waals surface area (Å²) in [6.07, 6.45) is 1.33. The number of phenolic OH excluding ortho intramolecular Hbond substituents is 1. The molecule has 3 aromatic rings. The molecule has 3 aromatic carbocycles. The maximum atomic E-state index is 13.5. The molecule has 7 heteroatoms. The maximum absolute atomic E-state index is 13.5. The van der Waals surface area contributed by atoms with E-state index in [1.807, 2.05) is 42.5 Å². The van der Waals surface area contributed by atoms with Crippen molar-refractivity contribution in [3.63, 3.8) is 0 Å². The van der Waals surface area contributed by atoms with Gasteiger partial charge in [0.25, 0.3) is 5.91 Å². The number of benzene rings is 3. The van der Waals surface area contributed by atoms with Crippen molar-refractivity contribution in [2.24, 2.45) is 5.16 Å². The molecule has 1 saturated heterocycles. The predicted molar refractivity (Wildman–Crippen MR) is 145 cm³/mol. The van der Waals surface area contributed by atoms with Gasteiger partial charge < -0.3 is 20.2 Å². The molecule has 0 aromatic heterocycles. The van der Waals surface area contributed by atoms with E-state index in [1.165, 1.54) is 23.8 Å². The van der Waals surface area contributed by atoms with Crippen LogP contribution in [0.2, 0.25) is 0 Å². The third kappa shape index (κ3) is 6.36. The third-order valence-electron chi connectivity index (χ3n) is 6.74. The van der Waals surface area contributed by atoms with Crippen LogP contribution in [0.3, 0.4) is 0 Å². The molecule has 0 bridgehead atoms. The average Bonchev–Trinajstić information content (AvgIpc) is 3.27. The summed E-state index contributed by atoms with van der Waals surface area (Å²) in [5.41, 5.74) is 6.97. The highest BCUT2D eigenvalue weighted by atomic mass is 16.6. The van der Waals surface area contributed by atoms with Crippen LogP contribution in [0.5, 0.6) is 5.75 Å². The Morgan fingerprint density at radius 3 is 2.35 bits per heavy atom. The molecule has 192 valence electrons. The van der Waals surface area contributed by atoms with Gasteiger partial charge in [-0.2, -0.15) is 0 Å². The van der Waals surface area contributed by atoms with Crippen molar-refractivity contribution in [2.75, 3.05) is 20.2 Å². The zero-order valence-corrected chi connectivity index (χ0v) is 21.5. The van der Waals surface area contributed by atoms with Crippen LogP contribution in [0.15, 0.2) is 71.9 Å². The van der Waals surface area contributed by atoms with Gasteiger partial charge in [-0.05, 0) is 72.4 Å². The lowest BCUT2D eigenvalue weighted by atomic mass is 9.95. The Balaban J connectivity index is 1.42. The first-order valence-electron chi connectivity index (χ1n) is 12.5. The highest BCUT2D eigenvalue weighted by molar-refractivity contribution is 6.01. The Kier molecular flexibility index (Phi) is 8.23. The van der Waals surface area contributed by atoms with Gasteiger partial charge in [-0.1, -0.05) is 47.6 Å². The molecule has 1 fully saturated rings. The average molecular weight is 500 g/mol. The van der Waals surface area contributed by atoms with Crippen LogP contribution in [0.4, 0.5) is 0 Å². The molecule has 37 heavy (non-hydrogen) atoms. The number of hydrogen-bond donors (Lipinski definition) is 2. The van der Waals surface area contributed by atoms with Crippen molar-refractivity contribution in [3.8, 4) is 16.9 Å². The quantitative estimate of drug-likeness (QED) is 0.442. The molecule has 4 rings (SSSR count). The van der Waals surface area contributed by atoms with E-state index in [1.54, 1.807) is 17.0 Å². The summed E-state index contributed by atoms with van der Waals surface area (Å²) in [6.45, 7) is 4.98. The van der Waals surface area contributed by atoms with E-state index in [4.69, 9.17) is 4.84 Å². The van der Waals surface area contributed by atoms with Crippen molar-refractivity contribution in [3.05, 3.63) is 89.0 Å². The predicted octanol–water partition coefficient (Wildman–Crippen LogP) is 4.64. The van der Waals surface area contributed by atoms with E-state index in [0.29, 0.717) is 31.5 Å². The highest BCUT2D eigenvalue weighted by Crippen LogP contribution is 2.28. The van der Waals surface area contributed by atoms with Gasteiger partial charge in [0, 0.05) is 31.0 Å². The van der Waals surface area contributed by atoms with Gasteiger partial charge in [-0.15, -0.1) is 0 Å². The Bertz CT molecular complexity index is 1260. The lowest BCUT2D eigenvalue weighted by Gasteiger charge is -2.24. The number of aromatic hydroxyl groups is 1. The zero-order chi connectivity index (χ0) is 26.4. The van der Waals surface area contributed by atoms with Crippen LogP contribution >= 0.6 is 0 Å². The molecule has 1 heterocycles. The number of carbonyl (C=O) groups is 2. The van der Waals surface area contributed by atoms with E-state index in [-0.39, 0.29) is 30.0 Å². The van der Waals surface area contributed by atoms with Crippen molar-refractivity contribution in [1.29, 1.82) is 0 Å². The van der Waals surface area contributed by atoms with Crippen molar-refractivity contribution in [2.45, 2.75) is 39.2 Å². The molecule has 2 amide bonds. The summed E-state index contributed by atoms with van der Waals surface area (Å²) in [7, 11) is 1.48. The van der Waals surface area contributed by atoms with Gasteiger partial charge in [-0.25, -0.2) is 0 Å². The SMILES string of the molecule is CON=C1C[C@@H](CC(=O)NCCc2ccc(O)cc2)N(C(=O)c2ccc(-c3c(C)cccc3C)cc2)C1. The van der Waals surface area contributed by atoms with Crippen LogP contribution in [0, 0.1) is 13.8 Å². The summed E-state index contributed by atoms with van der Waals surface area (Å²) in [4.78, 5) is 32.9. The standard InChI is InChI=1S/C30H33N3O4/c1-20-5-4-6-21(2)29(20)23-9-11-24(12-10-23)30(36)33-19-25(32-37-3)17-26(33)18-28(35)31-16-15-22-7-13-27(34)14-8-22/h4-14,26,34H,15-19H2,1-3H3,(H,31,35)/t26-/m0/s1. The number of rotatable bonds is 8. The van der Waals surface area contributed by atoms with Crippen LogP contribution in [-0.2, 0) is 16.1 Å². The first kappa shape index (κ1) is 25.9. The Hall–Kier alpha value is -4.13. The molecule has 0 unspecified atom stereocenters. The highest BCUT2D eigenvalue weighted by Gasteiger charge is 2.35. The molecule has 1 aliphatic rings. The van der Waals surface area contributed by atoms with Crippen molar-refractivity contribution in [1.82, 2.24) is 10.2 Å². The third-order valence-corrected chi connectivity index (χ3v) is 6.74. The fraction of sp³-hybridized carbons (Fsp3) is 0.300. The lowest BCUT2D eigenvalue weighted by Crippen LogP contribution is -2.39. The van der Waals surface area contributed by atoms with E-state index >= 15 is 0 Å². The van der Waals surface area contributed by atoms with E-state index in [2.05, 4.69) is 36.5 Å². The normalized spacial score (nSPS) is 16.1. The fourth-order valence-corrected chi connectivity index (χ4v) is 4.90. The number of nitrogens with one attached hydrogen (secondary N) is 1. The number of nitrogens with zero attached hydrogens (tertiary/aromatic N) is 2. The Morgan fingerprint density at radius 1 is 1.03 bits per heavy atom. The van der Waals surface area contributed by atoms with Crippen molar-refractivity contribution >= 4 is 17.5 Å². The van der Waals surface area contributed by atoms with Gasteiger partial charge in [0.1, 0.15) is 12.9 Å². The first-order valence-corrected chi connectivity index (χ1v) is 12.5. The molecule has 1 atom stereocenters. The van der Waals surface area contributed by atoms with Crippen LogP contribution < -0.4 is 5.32 Å². The van der Waals surface area contributed by atoms with Crippen LogP contribution in [-0.4, -0.2) is 53.8 Å². The summed E-state index contributed by atoms with van der Waals surface area (Å²) in [6, 6.07) is 20.5. The topological polar surface area (TPSA) is 91.2 Å². The number of carbonyl (C=O) groups excluding carboxylic acids is 2. The first-order chi connectivity index (χ1) is 17.9. The van der Waals surface area contributed by atoms with Crippen molar-refractivity contribution < 1.29 is 19.5 Å². The molecule has 0 spiro atoms. The zero-order valence-electron chi connectivity index (χ0n) is 21.5. The van der Waals surface area contributed by atoms with Gasteiger partial charge >= 0.3 is 0 Å². The molecule has 7 nitrogen and oxygen atoms in total. The van der Waals surface area contributed by atoms with Gasteiger partial charge in [0.15, 0.2) is 0 Å². The summed E-state index contributed by atoms with van der Waals surface area (Å²) < 4.78 is 0. The van der Waals surface area contributed by atoms with Gasteiger partial charge in [0.05, 0.1) is 12.3 Å². The summed E-state index contributed by atoms with van der Waals surface area (Å²) in [5.74, 6) is -0.0332. The molecule has 1 aliphatic heterocycles. The Morgan fingerprint density at radius 2 is 1.70 bits per heavy atom. The maximum Gasteiger partial charge on any atom is 0.254 e. The number of hydrogen-bond acceptors (Lipinski definition) is 5. The molecular weight excluding hydrogens is 466 g/mol.